The van der Waals surface area contributed by atoms with Gasteiger partial charge in [0.05, 0.1) is 38.5 Å². The van der Waals surface area contributed by atoms with Crippen LogP contribution >= 0.6 is 0 Å². The van der Waals surface area contributed by atoms with Crippen LogP contribution in [-0.4, -0.2) is 51.3 Å². The number of rotatable bonds is 7. The van der Waals surface area contributed by atoms with E-state index in [2.05, 4.69) is 12.1 Å². The van der Waals surface area contributed by atoms with Gasteiger partial charge in [-0.15, -0.1) is 0 Å². The average molecular weight is 327 g/mol. The molecule has 0 atom stereocenters. The Kier molecular flexibility index (Phi) is 6.23. The highest BCUT2D eigenvalue weighted by molar-refractivity contribution is 7.89. The summed E-state index contributed by atoms with van der Waals surface area (Å²) in [6.07, 6.45) is 0.682. The molecule has 0 saturated carbocycles. The quantitative estimate of drug-likeness (QED) is 0.795. The Labute approximate surface area is 133 Å². The van der Waals surface area contributed by atoms with Gasteiger partial charge in [0.2, 0.25) is 10.0 Å². The molecule has 1 aliphatic rings. The highest BCUT2D eigenvalue weighted by Crippen LogP contribution is 2.11. The Balaban J connectivity index is 1.84. The fourth-order valence-corrected chi connectivity index (χ4v) is 4.32. The smallest absolute Gasteiger partial charge is 0.214 e. The molecule has 0 bridgehead atoms. The van der Waals surface area contributed by atoms with Crippen LogP contribution in [0.5, 0.6) is 5.75 Å². The zero-order valence-electron chi connectivity index (χ0n) is 13.5. The summed E-state index contributed by atoms with van der Waals surface area (Å²) in [5.74, 6) is 1.16. The number of piperazine rings is 1. The fraction of sp³-hybridized carbons (Fsp3) is 0.625. The molecule has 22 heavy (non-hydrogen) atoms. The maximum absolute atomic E-state index is 12.1. The molecule has 0 aliphatic carbocycles. The van der Waals surface area contributed by atoms with Crippen molar-refractivity contribution in [3.8, 4) is 5.75 Å². The molecule has 0 aromatic heterocycles. The summed E-state index contributed by atoms with van der Waals surface area (Å²) in [6, 6.07) is 8.19. The highest BCUT2D eigenvalue weighted by atomic mass is 32.2. The van der Waals surface area contributed by atoms with E-state index in [-0.39, 0.29) is 5.75 Å². The topological polar surface area (TPSA) is 51.0 Å². The number of quaternary nitrogens is 1. The summed E-state index contributed by atoms with van der Waals surface area (Å²) in [5.41, 5.74) is 1.27. The normalized spacial score (nSPS) is 17.5. The van der Waals surface area contributed by atoms with Gasteiger partial charge < -0.3 is 9.64 Å². The second-order valence-corrected chi connectivity index (χ2v) is 7.81. The number of benzene rings is 1. The number of hydrogen-bond donors (Lipinski definition) is 1. The molecule has 5 nitrogen and oxygen atoms in total. The summed E-state index contributed by atoms with van der Waals surface area (Å²) in [6.45, 7) is 8.51. The summed E-state index contributed by atoms with van der Waals surface area (Å²) in [4.78, 5) is 1.44. The van der Waals surface area contributed by atoms with Gasteiger partial charge in [-0.25, -0.2) is 8.42 Å². The second-order valence-electron chi connectivity index (χ2n) is 5.72. The number of sulfonamides is 1. The van der Waals surface area contributed by atoms with Gasteiger partial charge in [-0.05, 0) is 37.6 Å². The molecule has 1 N–H and O–H groups in total. The molecule has 0 radical (unpaired) electrons. The molecule has 1 saturated heterocycles. The maximum atomic E-state index is 12.1. The van der Waals surface area contributed by atoms with Gasteiger partial charge in [-0.1, -0.05) is 6.92 Å². The monoisotopic (exact) mass is 327 g/mol. The van der Waals surface area contributed by atoms with E-state index in [0.29, 0.717) is 26.1 Å². The third kappa shape index (κ3) is 4.69. The fourth-order valence-electron chi connectivity index (χ4n) is 2.80. The number of hydrogen-bond acceptors (Lipinski definition) is 3. The summed E-state index contributed by atoms with van der Waals surface area (Å²) >= 11 is 0. The van der Waals surface area contributed by atoms with Crippen molar-refractivity contribution in [3.63, 3.8) is 0 Å². The Morgan fingerprint density at radius 1 is 1.14 bits per heavy atom. The lowest BCUT2D eigenvalue weighted by atomic mass is 10.2. The van der Waals surface area contributed by atoms with Crippen molar-refractivity contribution in [1.82, 2.24) is 4.31 Å². The summed E-state index contributed by atoms with van der Waals surface area (Å²) < 4.78 is 31.2. The summed E-state index contributed by atoms with van der Waals surface area (Å²) in [5, 5.41) is 0. The Morgan fingerprint density at radius 3 is 2.32 bits per heavy atom. The molecule has 0 unspecified atom stereocenters. The number of nitrogens with one attached hydrogen (secondary N) is 1. The van der Waals surface area contributed by atoms with E-state index >= 15 is 0 Å². The second kappa shape index (κ2) is 7.94. The first kappa shape index (κ1) is 17.2. The first-order valence-electron chi connectivity index (χ1n) is 8.08. The molecule has 124 valence electrons. The van der Waals surface area contributed by atoms with Crippen LogP contribution in [0, 0.1) is 0 Å². The van der Waals surface area contributed by atoms with E-state index < -0.39 is 10.0 Å². The molecule has 1 aliphatic heterocycles. The van der Waals surface area contributed by atoms with E-state index in [4.69, 9.17) is 4.74 Å². The van der Waals surface area contributed by atoms with Gasteiger partial charge in [0.1, 0.15) is 12.3 Å². The lowest BCUT2D eigenvalue weighted by Crippen LogP contribution is -3.13. The molecule has 1 aromatic rings. The van der Waals surface area contributed by atoms with Crippen LogP contribution in [0.1, 0.15) is 25.8 Å². The van der Waals surface area contributed by atoms with E-state index in [1.165, 1.54) is 10.5 Å². The Hall–Kier alpha value is -1.11. The standard InChI is InChI=1S/C16H26N2O3S/c1-3-13-22(19,20)18-11-9-17(10-12-18)14-15-5-7-16(8-6-15)21-4-2/h5-8H,3-4,9-14H2,1-2H3/p+1. The van der Waals surface area contributed by atoms with Crippen LogP contribution in [0.25, 0.3) is 0 Å². The van der Waals surface area contributed by atoms with Crippen molar-refractivity contribution in [2.24, 2.45) is 0 Å². The van der Waals surface area contributed by atoms with Crippen LogP contribution < -0.4 is 9.64 Å². The minimum Gasteiger partial charge on any atom is -0.494 e. The van der Waals surface area contributed by atoms with Crippen molar-refractivity contribution in [2.45, 2.75) is 26.8 Å². The van der Waals surface area contributed by atoms with Gasteiger partial charge in [-0.2, -0.15) is 4.31 Å². The zero-order chi connectivity index (χ0) is 16.0. The summed E-state index contributed by atoms with van der Waals surface area (Å²) in [7, 11) is -3.04. The molecular weight excluding hydrogens is 300 g/mol. The SMILES string of the molecule is CCCS(=O)(=O)N1CC[NH+](Cc2ccc(OCC)cc2)CC1. The Bertz CT molecular complexity index is 549. The molecule has 6 heteroatoms. The minimum atomic E-state index is -3.04. The van der Waals surface area contributed by atoms with Crippen LogP contribution in [0.3, 0.4) is 0 Å². The average Bonchev–Trinajstić information content (AvgIpc) is 2.50. The van der Waals surface area contributed by atoms with E-state index in [1.807, 2.05) is 26.0 Å². The van der Waals surface area contributed by atoms with Crippen LogP contribution in [0.15, 0.2) is 24.3 Å². The molecule has 1 fully saturated rings. The third-order valence-electron chi connectivity index (χ3n) is 3.97. The number of nitrogens with zero attached hydrogens (tertiary/aromatic N) is 1. The zero-order valence-corrected chi connectivity index (χ0v) is 14.4. The largest absolute Gasteiger partial charge is 0.494 e. The van der Waals surface area contributed by atoms with Gasteiger partial charge in [0.15, 0.2) is 0 Å². The van der Waals surface area contributed by atoms with E-state index in [9.17, 15) is 8.42 Å². The van der Waals surface area contributed by atoms with Crippen molar-refractivity contribution in [1.29, 1.82) is 0 Å². The third-order valence-corrected chi connectivity index (χ3v) is 6.05. The lowest BCUT2D eigenvalue weighted by Gasteiger charge is -2.31. The van der Waals surface area contributed by atoms with E-state index in [1.54, 1.807) is 4.31 Å². The molecule has 1 heterocycles. The lowest BCUT2D eigenvalue weighted by molar-refractivity contribution is -0.917. The number of ether oxygens (including phenoxy) is 1. The van der Waals surface area contributed by atoms with Gasteiger partial charge in [0, 0.05) is 5.56 Å². The molecule has 1 aromatic carbocycles. The van der Waals surface area contributed by atoms with Crippen LogP contribution in [0.2, 0.25) is 0 Å². The van der Waals surface area contributed by atoms with Crippen LogP contribution in [0.4, 0.5) is 0 Å². The van der Waals surface area contributed by atoms with Crippen molar-refractivity contribution < 1.29 is 18.1 Å². The molecule has 0 spiro atoms. The highest BCUT2D eigenvalue weighted by Gasteiger charge is 2.28. The predicted molar refractivity (Wildman–Crippen MR) is 87.7 cm³/mol. The van der Waals surface area contributed by atoms with Crippen molar-refractivity contribution >= 4 is 10.0 Å². The van der Waals surface area contributed by atoms with Crippen LogP contribution in [-0.2, 0) is 16.6 Å². The predicted octanol–water partition coefficient (Wildman–Crippen LogP) is 0.526. The minimum absolute atomic E-state index is 0.265. The first-order valence-corrected chi connectivity index (χ1v) is 9.69. The van der Waals surface area contributed by atoms with Gasteiger partial charge in [0.25, 0.3) is 0 Å². The van der Waals surface area contributed by atoms with Gasteiger partial charge in [-0.3, -0.25) is 0 Å². The Morgan fingerprint density at radius 2 is 1.77 bits per heavy atom. The van der Waals surface area contributed by atoms with E-state index in [0.717, 1.165) is 25.4 Å². The van der Waals surface area contributed by atoms with Gasteiger partial charge >= 0.3 is 0 Å². The molecule has 2 rings (SSSR count). The molecular formula is C16H27N2O3S+. The van der Waals surface area contributed by atoms with Crippen molar-refractivity contribution in [3.05, 3.63) is 29.8 Å². The maximum Gasteiger partial charge on any atom is 0.214 e. The van der Waals surface area contributed by atoms with Crippen molar-refractivity contribution in [2.75, 3.05) is 38.5 Å². The first-order chi connectivity index (χ1) is 10.5. The molecule has 0 amide bonds.